The third-order valence-corrected chi connectivity index (χ3v) is 3.03. The van der Waals surface area contributed by atoms with Crippen LogP contribution in [0.2, 0.25) is 0 Å². The molecule has 3 aromatic rings. The van der Waals surface area contributed by atoms with E-state index in [4.69, 9.17) is 14.0 Å². The van der Waals surface area contributed by atoms with Gasteiger partial charge in [0, 0.05) is 5.56 Å². The second-order valence-corrected chi connectivity index (χ2v) is 4.05. The van der Waals surface area contributed by atoms with Crippen molar-refractivity contribution >= 4 is 16.9 Å². The van der Waals surface area contributed by atoms with E-state index in [1.807, 2.05) is 6.07 Å². The van der Waals surface area contributed by atoms with Gasteiger partial charge in [0.15, 0.2) is 0 Å². The van der Waals surface area contributed by atoms with Gasteiger partial charge in [-0.1, -0.05) is 36.4 Å². The van der Waals surface area contributed by atoms with Crippen LogP contribution in [0, 0.1) is 6.92 Å². The summed E-state index contributed by atoms with van der Waals surface area (Å²) in [5.74, 6) is 0. The van der Waals surface area contributed by atoms with E-state index in [2.05, 4.69) is 43.3 Å². The van der Waals surface area contributed by atoms with E-state index in [0.29, 0.717) is 0 Å². The molecule has 94 valence electrons. The van der Waals surface area contributed by atoms with Crippen molar-refractivity contribution in [1.82, 2.24) is 0 Å². The molecular formula is C16H12O3. The average molecular weight is 252 g/mol. The van der Waals surface area contributed by atoms with Crippen LogP contribution in [-0.2, 0) is 9.59 Å². The highest BCUT2D eigenvalue weighted by Crippen LogP contribution is 2.29. The van der Waals surface area contributed by atoms with Gasteiger partial charge in [-0.3, -0.25) is 0 Å². The quantitative estimate of drug-likeness (QED) is 0.661. The molecule has 0 saturated heterocycles. The van der Waals surface area contributed by atoms with Crippen molar-refractivity contribution in [1.29, 1.82) is 0 Å². The number of hydrogen-bond donors (Lipinski definition) is 0. The summed E-state index contributed by atoms with van der Waals surface area (Å²) in [6, 6.07) is 14.8. The first-order chi connectivity index (χ1) is 9.27. The molecular weight excluding hydrogens is 240 g/mol. The highest BCUT2D eigenvalue weighted by Gasteiger charge is 2.05. The Hall–Kier alpha value is -2.64. The maximum atomic E-state index is 8.12. The molecule has 0 aliphatic heterocycles. The van der Waals surface area contributed by atoms with E-state index in [1.54, 1.807) is 12.5 Å². The molecule has 0 unspecified atom stereocenters. The minimum Gasteiger partial charge on any atom is -0.472 e. The van der Waals surface area contributed by atoms with Gasteiger partial charge in [-0.15, -0.1) is 0 Å². The van der Waals surface area contributed by atoms with Crippen LogP contribution in [0.5, 0.6) is 0 Å². The summed E-state index contributed by atoms with van der Waals surface area (Å²) in [5, 5.41) is 2.59. The van der Waals surface area contributed by atoms with Crippen molar-refractivity contribution in [3.05, 3.63) is 60.6 Å². The molecule has 3 rings (SSSR count). The molecule has 3 heteroatoms. The molecule has 0 saturated carbocycles. The van der Waals surface area contributed by atoms with E-state index in [-0.39, 0.29) is 6.15 Å². The van der Waals surface area contributed by atoms with E-state index in [9.17, 15) is 0 Å². The zero-order valence-electron chi connectivity index (χ0n) is 10.4. The molecule has 1 heterocycles. The Morgan fingerprint density at radius 3 is 2.42 bits per heavy atom. The molecule has 3 nitrogen and oxygen atoms in total. The highest BCUT2D eigenvalue weighted by atomic mass is 16.3. The minimum atomic E-state index is 0.250. The van der Waals surface area contributed by atoms with Crippen LogP contribution in [-0.4, -0.2) is 6.15 Å². The van der Waals surface area contributed by atoms with Crippen molar-refractivity contribution in [2.75, 3.05) is 0 Å². The molecule has 0 spiro atoms. The molecule has 19 heavy (non-hydrogen) atoms. The number of benzene rings is 2. The Labute approximate surface area is 110 Å². The molecule has 0 atom stereocenters. The van der Waals surface area contributed by atoms with E-state index in [0.717, 1.165) is 5.56 Å². The fraction of sp³-hybridized carbons (Fsp3) is 0.0625. The second kappa shape index (κ2) is 5.80. The Balaban J connectivity index is 0.000000408. The Kier molecular flexibility index (Phi) is 3.91. The minimum absolute atomic E-state index is 0.250. The summed E-state index contributed by atoms with van der Waals surface area (Å²) in [6.07, 6.45) is 3.75. The summed E-state index contributed by atoms with van der Waals surface area (Å²) < 4.78 is 5.14. The lowest BCUT2D eigenvalue weighted by Crippen LogP contribution is -1.83. The molecule has 0 amide bonds. The molecule has 0 bridgehead atoms. The molecule has 0 aliphatic carbocycles. The Morgan fingerprint density at radius 1 is 1.00 bits per heavy atom. The predicted octanol–water partition coefficient (Wildman–Crippen LogP) is 3.82. The Morgan fingerprint density at radius 2 is 1.74 bits per heavy atom. The molecule has 0 N–H and O–H groups in total. The summed E-state index contributed by atoms with van der Waals surface area (Å²) in [4.78, 5) is 16.2. The highest BCUT2D eigenvalue weighted by molar-refractivity contribution is 5.91. The molecule has 2 aromatic carbocycles. The number of aryl methyl sites for hydroxylation is 1. The van der Waals surface area contributed by atoms with Gasteiger partial charge in [0.1, 0.15) is 0 Å². The average Bonchev–Trinajstić information content (AvgIpc) is 2.94. The zero-order valence-corrected chi connectivity index (χ0v) is 10.4. The van der Waals surface area contributed by atoms with Gasteiger partial charge >= 0.3 is 6.15 Å². The monoisotopic (exact) mass is 252 g/mol. The first kappa shape index (κ1) is 12.8. The zero-order chi connectivity index (χ0) is 13.7. The summed E-state index contributed by atoms with van der Waals surface area (Å²) in [7, 11) is 0. The first-order valence-electron chi connectivity index (χ1n) is 5.78. The van der Waals surface area contributed by atoms with Crippen molar-refractivity contribution in [2.24, 2.45) is 0 Å². The largest absolute Gasteiger partial charge is 0.472 e. The SMILES string of the molecule is Cc1c(-c2ccoc2)ccc2ccccc12.O=C=O. The van der Waals surface area contributed by atoms with Gasteiger partial charge in [0.05, 0.1) is 12.5 Å². The third-order valence-electron chi connectivity index (χ3n) is 3.03. The van der Waals surface area contributed by atoms with Crippen molar-refractivity contribution in [2.45, 2.75) is 6.92 Å². The summed E-state index contributed by atoms with van der Waals surface area (Å²) >= 11 is 0. The maximum Gasteiger partial charge on any atom is 0.373 e. The van der Waals surface area contributed by atoms with Gasteiger partial charge in [-0.2, -0.15) is 9.59 Å². The fourth-order valence-electron chi connectivity index (χ4n) is 2.16. The summed E-state index contributed by atoms with van der Waals surface area (Å²) in [6.45, 7) is 2.16. The predicted molar refractivity (Wildman–Crippen MR) is 71.4 cm³/mol. The lowest BCUT2D eigenvalue weighted by Gasteiger charge is -2.07. The third kappa shape index (κ3) is 2.62. The van der Waals surface area contributed by atoms with Gasteiger partial charge in [-0.25, -0.2) is 0 Å². The molecule has 1 aromatic heterocycles. The lowest BCUT2D eigenvalue weighted by atomic mass is 9.97. The second-order valence-electron chi connectivity index (χ2n) is 4.05. The van der Waals surface area contributed by atoms with Crippen LogP contribution < -0.4 is 0 Å². The van der Waals surface area contributed by atoms with Crippen LogP contribution >= 0.6 is 0 Å². The van der Waals surface area contributed by atoms with Crippen LogP contribution in [0.1, 0.15) is 5.56 Å². The molecule has 0 radical (unpaired) electrons. The normalized spacial score (nSPS) is 9.53. The van der Waals surface area contributed by atoms with Crippen LogP contribution in [0.15, 0.2) is 59.4 Å². The van der Waals surface area contributed by atoms with Crippen molar-refractivity contribution in [3.63, 3.8) is 0 Å². The maximum absolute atomic E-state index is 8.12. The van der Waals surface area contributed by atoms with E-state index in [1.165, 1.54) is 21.9 Å². The van der Waals surface area contributed by atoms with Crippen LogP contribution in [0.4, 0.5) is 0 Å². The number of furan rings is 1. The van der Waals surface area contributed by atoms with Gasteiger partial charge in [-0.05, 0) is 34.9 Å². The van der Waals surface area contributed by atoms with E-state index < -0.39 is 0 Å². The van der Waals surface area contributed by atoms with Crippen LogP contribution in [0.3, 0.4) is 0 Å². The number of rotatable bonds is 1. The lowest BCUT2D eigenvalue weighted by molar-refractivity contribution is -0.191. The Bertz CT molecular complexity index is 706. The summed E-state index contributed by atoms with van der Waals surface area (Å²) in [5.41, 5.74) is 3.69. The topological polar surface area (TPSA) is 47.3 Å². The molecule has 0 fully saturated rings. The van der Waals surface area contributed by atoms with Crippen molar-refractivity contribution in [3.8, 4) is 11.1 Å². The fourth-order valence-corrected chi connectivity index (χ4v) is 2.16. The van der Waals surface area contributed by atoms with Gasteiger partial charge in [0.25, 0.3) is 0 Å². The number of carbonyl (C=O) groups excluding carboxylic acids is 2. The number of fused-ring (bicyclic) bond motifs is 1. The standard InChI is InChI=1S/C15H12O.CO2/c1-11-14-5-3-2-4-12(14)6-7-15(11)13-8-9-16-10-13;2-1-3/h2-10H,1H3;. The van der Waals surface area contributed by atoms with Crippen LogP contribution in [0.25, 0.3) is 21.9 Å². The number of hydrogen-bond acceptors (Lipinski definition) is 3. The van der Waals surface area contributed by atoms with Gasteiger partial charge < -0.3 is 4.42 Å². The smallest absolute Gasteiger partial charge is 0.373 e. The molecule has 0 aliphatic rings. The first-order valence-corrected chi connectivity index (χ1v) is 5.78. The van der Waals surface area contributed by atoms with E-state index >= 15 is 0 Å². The van der Waals surface area contributed by atoms with Crippen molar-refractivity contribution < 1.29 is 14.0 Å². The van der Waals surface area contributed by atoms with Gasteiger partial charge in [0.2, 0.25) is 0 Å².